The number of nitrogens with two attached hydrogens (primary N) is 1. The summed E-state index contributed by atoms with van der Waals surface area (Å²) in [5, 5.41) is 3.95. The van der Waals surface area contributed by atoms with Gasteiger partial charge in [-0.2, -0.15) is 8.78 Å². The Balaban J connectivity index is 2.50. The Labute approximate surface area is 109 Å². The molecule has 0 aromatic carbocycles. The molecule has 0 saturated heterocycles. The average Bonchev–Trinajstić information content (AvgIpc) is 2.63. The summed E-state index contributed by atoms with van der Waals surface area (Å²) in [6, 6.07) is 3.32. The molecule has 2 N–H and O–H groups in total. The van der Waals surface area contributed by atoms with Gasteiger partial charge in [-0.25, -0.2) is 13.9 Å². The lowest BCUT2D eigenvalue weighted by Gasteiger charge is -2.01. The van der Waals surface area contributed by atoms with Crippen molar-refractivity contribution in [2.24, 2.45) is 5.73 Å². The highest BCUT2D eigenvalue weighted by Gasteiger charge is 2.11. The van der Waals surface area contributed by atoms with Gasteiger partial charge in [0.1, 0.15) is 0 Å². The third-order valence-corrected chi connectivity index (χ3v) is 2.86. The number of nitrogens with zero attached hydrogens (tertiary/aromatic N) is 3. The van der Waals surface area contributed by atoms with Gasteiger partial charge < -0.3 is 5.73 Å². The van der Waals surface area contributed by atoms with Gasteiger partial charge in [0.25, 0.3) is 6.08 Å². The van der Waals surface area contributed by atoms with Crippen molar-refractivity contribution < 1.29 is 8.78 Å². The highest BCUT2D eigenvalue weighted by molar-refractivity contribution is 9.10. The summed E-state index contributed by atoms with van der Waals surface area (Å²) in [5.41, 5.74) is 4.79. The predicted octanol–water partition coefficient (Wildman–Crippen LogP) is 1.37. The maximum Gasteiger partial charge on any atom is 0.350 e. The lowest BCUT2D eigenvalue weighted by atomic mass is 10.3. The normalized spacial score (nSPS) is 10.9. The van der Waals surface area contributed by atoms with Crippen LogP contribution < -0.4 is 11.4 Å². The summed E-state index contributed by atoms with van der Waals surface area (Å²) in [4.78, 5) is 11.9. The van der Waals surface area contributed by atoms with Crippen molar-refractivity contribution in [1.82, 2.24) is 14.2 Å². The van der Waals surface area contributed by atoms with Crippen LogP contribution in [0.5, 0.6) is 0 Å². The minimum absolute atomic E-state index is 0.306. The minimum Gasteiger partial charge on any atom is -0.327 e. The molecular formula is C10H9BrF2N4O. The fourth-order valence-electron chi connectivity index (χ4n) is 1.48. The van der Waals surface area contributed by atoms with Crippen LogP contribution in [-0.2, 0) is 6.54 Å². The van der Waals surface area contributed by atoms with E-state index in [1.165, 1.54) is 10.6 Å². The monoisotopic (exact) mass is 318 g/mol. The molecule has 0 saturated carbocycles. The van der Waals surface area contributed by atoms with Crippen molar-refractivity contribution in [3.05, 3.63) is 44.9 Å². The second-order valence-corrected chi connectivity index (χ2v) is 4.50. The van der Waals surface area contributed by atoms with Crippen molar-refractivity contribution in [3.63, 3.8) is 0 Å². The third-order valence-electron chi connectivity index (χ3n) is 2.40. The molecule has 96 valence electrons. The van der Waals surface area contributed by atoms with Crippen LogP contribution in [-0.4, -0.2) is 20.7 Å². The van der Waals surface area contributed by atoms with Crippen molar-refractivity contribution in [1.29, 1.82) is 0 Å². The molecule has 0 radical (unpaired) electrons. The van der Waals surface area contributed by atoms with Crippen molar-refractivity contribution in [2.45, 2.75) is 6.54 Å². The summed E-state index contributed by atoms with van der Waals surface area (Å²) in [7, 11) is 0. The molecule has 0 atom stereocenters. The van der Waals surface area contributed by atoms with Crippen LogP contribution in [0.4, 0.5) is 8.78 Å². The Morgan fingerprint density at radius 2 is 2.17 bits per heavy atom. The van der Waals surface area contributed by atoms with E-state index in [-0.39, 0.29) is 18.7 Å². The molecule has 5 nitrogen and oxygen atoms in total. The van der Waals surface area contributed by atoms with E-state index in [1.807, 2.05) is 0 Å². The number of pyridine rings is 1. The topological polar surface area (TPSA) is 65.3 Å². The van der Waals surface area contributed by atoms with Gasteiger partial charge in [0.05, 0.1) is 6.54 Å². The van der Waals surface area contributed by atoms with Crippen LogP contribution in [0.3, 0.4) is 0 Å². The molecule has 0 aliphatic heterocycles. The van der Waals surface area contributed by atoms with Crippen LogP contribution in [0.25, 0.3) is 5.65 Å². The number of halogens is 3. The highest BCUT2D eigenvalue weighted by atomic mass is 79.9. The maximum absolute atomic E-state index is 12.5. The number of hydrogen-bond acceptors (Lipinski definition) is 3. The fourth-order valence-corrected chi connectivity index (χ4v) is 1.81. The van der Waals surface area contributed by atoms with Gasteiger partial charge >= 0.3 is 5.69 Å². The van der Waals surface area contributed by atoms with Gasteiger partial charge in [0, 0.05) is 22.8 Å². The summed E-state index contributed by atoms with van der Waals surface area (Å²) in [6.45, 7) is -0.622. The molecule has 0 bridgehead atoms. The second-order valence-electron chi connectivity index (χ2n) is 3.58. The van der Waals surface area contributed by atoms with Gasteiger partial charge in [-0.1, -0.05) is 0 Å². The molecule has 2 aromatic rings. The van der Waals surface area contributed by atoms with E-state index in [2.05, 4.69) is 21.0 Å². The van der Waals surface area contributed by atoms with Crippen LogP contribution in [0.1, 0.15) is 0 Å². The minimum atomic E-state index is -1.87. The summed E-state index contributed by atoms with van der Waals surface area (Å²) < 4.78 is 27.9. The van der Waals surface area contributed by atoms with Gasteiger partial charge in [-0.3, -0.25) is 0 Å². The largest absolute Gasteiger partial charge is 0.350 e. The molecule has 0 amide bonds. The summed E-state index contributed by atoms with van der Waals surface area (Å²) in [5.74, 6) is 0. The molecule has 0 aliphatic rings. The van der Waals surface area contributed by atoms with Crippen molar-refractivity contribution in [3.8, 4) is 0 Å². The molecule has 8 heteroatoms. The molecule has 2 rings (SSSR count). The van der Waals surface area contributed by atoms with E-state index < -0.39 is 11.8 Å². The zero-order valence-corrected chi connectivity index (χ0v) is 10.7. The Bertz CT molecular complexity index is 672. The highest BCUT2D eigenvalue weighted by Crippen LogP contribution is 2.11. The standard InChI is InChI=1S/C10H9BrF2N4O/c11-7-1-2-8-15-17(10(18)16(8)5-7)4-6(3-14)9(12)13/h1-2,5H,3-4,14H2. The average molecular weight is 319 g/mol. The molecule has 0 aliphatic carbocycles. The van der Waals surface area contributed by atoms with Gasteiger partial charge in [-0.15, -0.1) is 5.10 Å². The Morgan fingerprint density at radius 3 is 2.78 bits per heavy atom. The predicted molar refractivity (Wildman–Crippen MR) is 65.4 cm³/mol. The summed E-state index contributed by atoms with van der Waals surface area (Å²) >= 11 is 3.22. The first-order chi connectivity index (χ1) is 8.52. The zero-order chi connectivity index (χ0) is 13.3. The maximum atomic E-state index is 12.5. The molecular weight excluding hydrogens is 310 g/mol. The summed E-state index contributed by atoms with van der Waals surface area (Å²) in [6.07, 6.45) is -0.346. The van der Waals surface area contributed by atoms with Crippen LogP contribution in [0.2, 0.25) is 0 Å². The third kappa shape index (κ3) is 2.34. The van der Waals surface area contributed by atoms with Crippen LogP contribution >= 0.6 is 15.9 Å². The lowest BCUT2D eigenvalue weighted by molar-refractivity contribution is 0.400. The Hall–Kier alpha value is -1.54. The first kappa shape index (κ1) is 12.9. The number of aromatic nitrogens is 3. The van der Waals surface area contributed by atoms with Gasteiger partial charge in [0.2, 0.25) is 0 Å². The number of fused-ring (bicyclic) bond motifs is 1. The van der Waals surface area contributed by atoms with Crippen LogP contribution in [0, 0.1) is 0 Å². The number of hydrogen-bond donors (Lipinski definition) is 1. The SMILES string of the molecule is NCC(Cn1nc2ccc(Br)cn2c1=O)=C(F)F. The van der Waals surface area contributed by atoms with E-state index in [4.69, 9.17) is 5.73 Å². The lowest BCUT2D eigenvalue weighted by Crippen LogP contribution is -2.24. The molecule has 2 aromatic heterocycles. The fraction of sp³-hybridized carbons (Fsp3) is 0.200. The molecule has 2 heterocycles. The Kier molecular flexibility index (Phi) is 3.58. The van der Waals surface area contributed by atoms with E-state index >= 15 is 0 Å². The molecule has 18 heavy (non-hydrogen) atoms. The molecule has 0 spiro atoms. The van der Waals surface area contributed by atoms with Gasteiger partial charge in [0.15, 0.2) is 5.65 Å². The zero-order valence-electron chi connectivity index (χ0n) is 9.11. The van der Waals surface area contributed by atoms with E-state index in [0.717, 1.165) is 4.68 Å². The molecule has 0 fully saturated rings. The van der Waals surface area contributed by atoms with Gasteiger partial charge in [-0.05, 0) is 28.1 Å². The first-order valence-electron chi connectivity index (χ1n) is 5.00. The first-order valence-corrected chi connectivity index (χ1v) is 5.80. The number of rotatable bonds is 3. The quantitative estimate of drug-likeness (QED) is 0.929. The van der Waals surface area contributed by atoms with E-state index in [1.54, 1.807) is 12.1 Å². The molecule has 0 unspecified atom stereocenters. The van der Waals surface area contributed by atoms with Crippen molar-refractivity contribution >= 4 is 21.6 Å². The Morgan fingerprint density at radius 1 is 1.44 bits per heavy atom. The van der Waals surface area contributed by atoms with E-state index in [9.17, 15) is 13.6 Å². The van der Waals surface area contributed by atoms with Crippen LogP contribution in [0.15, 0.2) is 39.3 Å². The smallest absolute Gasteiger partial charge is 0.327 e. The second kappa shape index (κ2) is 4.99. The van der Waals surface area contributed by atoms with Crippen molar-refractivity contribution in [2.75, 3.05) is 6.54 Å². The van der Waals surface area contributed by atoms with E-state index in [0.29, 0.717) is 10.1 Å².